The van der Waals surface area contributed by atoms with E-state index in [1.807, 2.05) is 19.9 Å². The summed E-state index contributed by atoms with van der Waals surface area (Å²) in [4.78, 5) is 16.4. The summed E-state index contributed by atoms with van der Waals surface area (Å²) >= 11 is 0. The van der Waals surface area contributed by atoms with E-state index < -0.39 is 0 Å². The average molecular weight is 286 g/mol. The van der Waals surface area contributed by atoms with Crippen LogP contribution in [0.5, 0.6) is 5.88 Å². The molecular weight excluding hydrogens is 268 g/mol. The first kappa shape index (κ1) is 14.8. The lowest BCUT2D eigenvalue weighted by molar-refractivity contribution is 0.102. The van der Waals surface area contributed by atoms with Gasteiger partial charge in [0.05, 0.1) is 29.7 Å². The first-order chi connectivity index (χ1) is 10.1. The standard InChI is InChI=1S/C15H18N4O2/c1-3-21-14-7-5-11(9-17-14)18-15(20)12-8-10(2)4-6-13(12)19-16/h4-9,19H,3,16H2,1-2H3,(H,18,20). The van der Waals surface area contributed by atoms with E-state index in [2.05, 4.69) is 15.7 Å². The maximum Gasteiger partial charge on any atom is 0.257 e. The number of carbonyl (C=O) groups excluding carboxylic acids is 1. The Morgan fingerprint density at radius 1 is 1.33 bits per heavy atom. The summed E-state index contributed by atoms with van der Waals surface area (Å²) in [6.45, 7) is 4.35. The van der Waals surface area contributed by atoms with Crippen LogP contribution in [0.3, 0.4) is 0 Å². The SMILES string of the molecule is CCOc1ccc(NC(=O)c2cc(C)ccc2NN)cn1. The van der Waals surface area contributed by atoms with Gasteiger partial charge < -0.3 is 15.5 Å². The summed E-state index contributed by atoms with van der Waals surface area (Å²) < 4.78 is 5.25. The van der Waals surface area contributed by atoms with Crippen LogP contribution >= 0.6 is 0 Å². The fourth-order valence-corrected chi connectivity index (χ4v) is 1.86. The lowest BCUT2D eigenvalue weighted by Crippen LogP contribution is -2.17. The van der Waals surface area contributed by atoms with Crippen molar-refractivity contribution in [3.8, 4) is 5.88 Å². The van der Waals surface area contributed by atoms with Gasteiger partial charge in [-0.25, -0.2) is 4.98 Å². The number of hydrazine groups is 1. The van der Waals surface area contributed by atoms with E-state index in [9.17, 15) is 4.79 Å². The first-order valence-electron chi connectivity index (χ1n) is 6.61. The highest BCUT2D eigenvalue weighted by Crippen LogP contribution is 2.19. The van der Waals surface area contributed by atoms with E-state index in [0.717, 1.165) is 5.56 Å². The predicted octanol–water partition coefficient (Wildman–Crippen LogP) is 2.33. The molecule has 0 unspecified atom stereocenters. The zero-order chi connectivity index (χ0) is 15.2. The number of aromatic nitrogens is 1. The van der Waals surface area contributed by atoms with Crippen LogP contribution in [0.4, 0.5) is 11.4 Å². The Morgan fingerprint density at radius 3 is 2.76 bits per heavy atom. The highest BCUT2D eigenvalue weighted by atomic mass is 16.5. The molecule has 0 saturated carbocycles. The number of hydrogen-bond acceptors (Lipinski definition) is 5. The van der Waals surface area contributed by atoms with Crippen LogP contribution in [-0.2, 0) is 0 Å². The van der Waals surface area contributed by atoms with Crippen molar-refractivity contribution in [1.29, 1.82) is 0 Å². The smallest absolute Gasteiger partial charge is 0.257 e. The Balaban J connectivity index is 2.15. The van der Waals surface area contributed by atoms with Gasteiger partial charge in [0, 0.05) is 6.07 Å². The van der Waals surface area contributed by atoms with Gasteiger partial charge in [0.1, 0.15) is 0 Å². The molecule has 0 atom stereocenters. The number of nitrogens with zero attached hydrogens (tertiary/aromatic N) is 1. The van der Waals surface area contributed by atoms with E-state index in [1.54, 1.807) is 30.5 Å². The Morgan fingerprint density at radius 2 is 2.14 bits per heavy atom. The third kappa shape index (κ3) is 3.70. The van der Waals surface area contributed by atoms with E-state index in [1.165, 1.54) is 0 Å². The second-order valence-electron chi connectivity index (χ2n) is 4.47. The molecule has 0 spiro atoms. The molecule has 1 amide bonds. The van der Waals surface area contributed by atoms with E-state index in [4.69, 9.17) is 10.6 Å². The van der Waals surface area contributed by atoms with Gasteiger partial charge in [-0.15, -0.1) is 0 Å². The number of nitrogen functional groups attached to an aromatic ring is 1. The molecule has 0 saturated heterocycles. The van der Waals surface area contributed by atoms with Gasteiger partial charge in [0.25, 0.3) is 5.91 Å². The summed E-state index contributed by atoms with van der Waals surface area (Å²) in [6, 6.07) is 8.86. The molecule has 0 radical (unpaired) electrons. The van der Waals surface area contributed by atoms with Crippen LogP contribution in [0, 0.1) is 6.92 Å². The van der Waals surface area contributed by atoms with Gasteiger partial charge in [-0.05, 0) is 32.0 Å². The van der Waals surface area contributed by atoms with Gasteiger partial charge in [-0.3, -0.25) is 10.6 Å². The van der Waals surface area contributed by atoms with Crippen molar-refractivity contribution in [3.05, 3.63) is 47.7 Å². The number of pyridine rings is 1. The largest absolute Gasteiger partial charge is 0.478 e. The van der Waals surface area contributed by atoms with Crippen LogP contribution in [0.25, 0.3) is 0 Å². The van der Waals surface area contributed by atoms with Crippen LogP contribution in [-0.4, -0.2) is 17.5 Å². The number of benzene rings is 1. The van der Waals surface area contributed by atoms with Crippen molar-refractivity contribution in [3.63, 3.8) is 0 Å². The third-order valence-electron chi connectivity index (χ3n) is 2.86. The number of aryl methyl sites for hydroxylation is 1. The van der Waals surface area contributed by atoms with Gasteiger partial charge in [0.15, 0.2) is 0 Å². The van der Waals surface area contributed by atoms with Gasteiger partial charge >= 0.3 is 0 Å². The first-order valence-corrected chi connectivity index (χ1v) is 6.61. The summed E-state index contributed by atoms with van der Waals surface area (Å²) in [6.07, 6.45) is 1.55. The van der Waals surface area contributed by atoms with Crippen LogP contribution in [0.1, 0.15) is 22.8 Å². The number of nitrogens with one attached hydrogen (secondary N) is 2. The third-order valence-corrected chi connectivity index (χ3v) is 2.86. The van der Waals surface area contributed by atoms with Crippen LogP contribution in [0.2, 0.25) is 0 Å². The average Bonchev–Trinajstić information content (AvgIpc) is 2.49. The predicted molar refractivity (Wildman–Crippen MR) is 82.3 cm³/mol. The summed E-state index contributed by atoms with van der Waals surface area (Å²) in [5.41, 5.74) is 5.13. The van der Waals surface area contributed by atoms with E-state index in [-0.39, 0.29) is 5.91 Å². The monoisotopic (exact) mass is 286 g/mol. The van der Waals surface area contributed by atoms with Gasteiger partial charge in [0.2, 0.25) is 5.88 Å². The fourth-order valence-electron chi connectivity index (χ4n) is 1.86. The minimum absolute atomic E-state index is 0.252. The molecule has 110 valence electrons. The summed E-state index contributed by atoms with van der Waals surface area (Å²) in [5, 5.41) is 2.78. The van der Waals surface area contributed by atoms with Gasteiger partial charge in [-0.1, -0.05) is 11.6 Å². The molecule has 21 heavy (non-hydrogen) atoms. The number of ether oxygens (including phenoxy) is 1. The Kier molecular flexibility index (Phi) is 4.73. The maximum absolute atomic E-state index is 12.3. The lowest BCUT2D eigenvalue weighted by Gasteiger charge is -2.11. The molecule has 0 fully saturated rings. The molecule has 0 bridgehead atoms. The Hall–Kier alpha value is -2.60. The zero-order valence-corrected chi connectivity index (χ0v) is 12.0. The van der Waals surface area contributed by atoms with Crippen LogP contribution < -0.4 is 21.3 Å². The summed E-state index contributed by atoms with van der Waals surface area (Å²) in [7, 11) is 0. The molecule has 0 aliphatic rings. The minimum Gasteiger partial charge on any atom is -0.478 e. The Bertz CT molecular complexity index is 626. The van der Waals surface area contributed by atoms with Gasteiger partial charge in [-0.2, -0.15) is 0 Å². The van der Waals surface area contributed by atoms with Crippen molar-refractivity contribution in [1.82, 2.24) is 4.98 Å². The van der Waals surface area contributed by atoms with E-state index >= 15 is 0 Å². The lowest BCUT2D eigenvalue weighted by atomic mass is 10.1. The number of hydrogen-bond donors (Lipinski definition) is 3. The second kappa shape index (κ2) is 6.71. The Labute approximate surface area is 123 Å². The normalized spacial score (nSPS) is 10.0. The molecule has 2 aromatic rings. The highest BCUT2D eigenvalue weighted by molar-refractivity contribution is 6.08. The molecule has 6 nitrogen and oxygen atoms in total. The van der Waals surface area contributed by atoms with Crippen molar-refractivity contribution < 1.29 is 9.53 Å². The molecule has 1 heterocycles. The van der Waals surface area contributed by atoms with Crippen molar-refractivity contribution in [2.24, 2.45) is 5.84 Å². The van der Waals surface area contributed by atoms with Crippen molar-refractivity contribution in [2.45, 2.75) is 13.8 Å². The quantitative estimate of drug-likeness (QED) is 0.580. The molecule has 1 aromatic carbocycles. The van der Waals surface area contributed by atoms with E-state index in [0.29, 0.717) is 29.4 Å². The molecule has 4 N–H and O–H groups in total. The molecule has 6 heteroatoms. The second-order valence-corrected chi connectivity index (χ2v) is 4.47. The zero-order valence-electron chi connectivity index (χ0n) is 12.0. The number of nitrogens with two attached hydrogens (primary N) is 1. The maximum atomic E-state index is 12.3. The number of anilines is 2. The van der Waals surface area contributed by atoms with Crippen LogP contribution in [0.15, 0.2) is 36.5 Å². The number of carbonyl (C=O) groups is 1. The molecular formula is C15H18N4O2. The fraction of sp³-hybridized carbons (Fsp3) is 0.200. The topological polar surface area (TPSA) is 89.3 Å². The number of amides is 1. The highest BCUT2D eigenvalue weighted by Gasteiger charge is 2.11. The number of rotatable bonds is 5. The van der Waals surface area contributed by atoms with Crippen molar-refractivity contribution in [2.75, 3.05) is 17.3 Å². The molecule has 0 aliphatic carbocycles. The van der Waals surface area contributed by atoms with Crippen molar-refractivity contribution >= 4 is 17.3 Å². The molecule has 0 aliphatic heterocycles. The minimum atomic E-state index is -0.252. The summed E-state index contributed by atoms with van der Waals surface area (Å²) in [5.74, 6) is 5.70. The molecule has 2 rings (SSSR count). The molecule has 1 aromatic heterocycles.